The van der Waals surface area contributed by atoms with Crippen LogP contribution in [0.3, 0.4) is 0 Å². The molecule has 1 N–H and O–H groups in total. The zero-order valence-corrected chi connectivity index (χ0v) is 15.2. The topological polar surface area (TPSA) is 64.6 Å². The highest BCUT2D eigenvalue weighted by Crippen LogP contribution is 2.30. The lowest BCUT2D eigenvalue weighted by atomic mass is 10.0. The third kappa shape index (κ3) is 4.92. The molecule has 1 aliphatic heterocycles. The molecule has 27 heavy (non-hydrogen) atoms. The van der Waals surface area contributed by atoms with Gasteiger partial charge in [0.05, 0.1) is 6.61 Å². The molecule has 3 rings (SSSR count). The summed E-state index contributed by atoms with van der Waals surface area (Å²) in [5.74, 6) is 0.0598. The lowest BCUT2D eigenvalue weighted by molar-refractivity contribution is -0.275. The zero-order valence-electron chi connectivity index (χ0n) is 14.4. The van der Waals surface area contributed by atoms with E-state index in [-0.39, 0.29) is 0 Å². The Hall–Kier alpha value is -2.26. The largest absolute Gasteiger partial charge is 0.573 e. The van der Waals surface area contributed by atoms with Gasteiger partial charge in [-0.15, -0.1) is 13.2 Å². The van der Waals surface area contributed by atoms with Crippen molar-refractivity contribution in [1.29, 1.82) is 0 Å². The molecule has 1 aliphatic rings. The van der Waals surface area contributed by atoms with Crippen molar-refractivity contribution < 1.29 is 31.1 Å². The Morgan fingerprint density at radius 1 is 1.22 bits per heavy atom. The van der Waals surface area contributed by atoms with Crippen molar-refractivity contribution in [2.24, 2.45) is 0 Å². The van der Waals surface area contributed by atoms with Crippen LogP contribution in [0, 0.1) is 0 Å². The minimum Gasteiger partial charge on any atom is -0.493 e. The maximum absolute atomic E-state index is 12.5. The van der Waals surface area contributed by atoms with Gasteiger partial charge < -0.3 is 9.47 Å². The number of hydrogen-bond donors (Lipinski definition) is 1. The van der Waals surface area contributed by atoms with Crippen LogP contribution >= 0.6 is 0 Å². The first-order valence-corrected chi connectivity index (χ1v) is 9.74. The van der Waals surface area contributed by atoms with Crippen LogP contribution in [-0.2, 0) is 22.9 Å². The Kier molecular flexibility index (Phi) is 5.34. The van der Waals surface area contributed by atoms with E-state index >= 15 is 0 Å². The fourth-order valence-corrected chi connectivity index (χ4v) is 4.34. The van der Waals surface area contributed by atoms with E-state index in [1.54, 1.807) is 6.92 Å². The predicted molar refractivity (Wildman–Crippen MR) is 92.3 cm³/mol. The minimum atomic E-state index is -4.98. The summed E-state index contributed by atoms with van der Waals surface area (Å²) >= 11 is 0. The van der Waals surface area contributed by atoms with Crippen LogP contribution in [0.4, 0.5) is 13.2 Å². The molecule has 0 saturated carbocycles. The first kappa shape index (κ1) is 19.5. The van der Waals surface area contributed by atoms with Crippen LogP contribution in [-0.4, -0.2) is 27.4 Å². The van der Waals surface area contributed by atoms with Gasteiger partial charge in [-0.3, -0.25) is 0 Å². The van der Waals surface area contributed by atoms with Gasteiger partial charge in [0, 0.05) is 12.5 Å². The average molecular weight is 401 g/mol. The number of rotatable bonds is 6. The molecule has 5 nitrogen and oxygen atoms in total. The average Bonchev–Trinajstić information content (AvgIpc) is 3.00. The van der Waals surface area contributed by atoms with Crippen molar-refractivity contribution >= 4 is 10.0 Å². The Balaban J connectivity index is 1.74. The first-order valence-electron chi connectivity index (χ1n) is 8.26. The highest BCUT2D eigenvalue weighted by atomic mass is 32.2. The first-order chi connectivity index (χ1) is 12.6. The molecule has 0 saturated heterocycles. The van der Waals surface area contributed by atoms with E-state index in [1.165, 1.54) is 12.1 Å². The molecule has 1 unspecified atom stereocenters. The quantitative estimate of drug-likeness (QED) is 0.806. The van der Waals surface area contributed by atoms with Gasteiger partial charge in [0.2, 0.25) is 10.0 Å². The standard InChI is InChI=1S/C18H18F3NO4S/c1-12(10-13-6-7-15-14(11-13)8-9-25-15)22-27(23,24)17-5-3-2-4-16(17)26-18(19,20)21/h2-7,11-12,22H,8-10H2,1H3. The highest BCUT2D eigenvalue weighted by molar-refractivity contribution is 7.89. The fourth-order valence-electron chi connectivity index (χ4n) is 2.97. The van der Waals surface area contributed by atoms with Crippen LogP contribution in [0.1, 0.15) is 18.1 Å². The molecule has 1 heterocycles. The lowest BCUT2D eigenvalue weighted by Gasteiger charge is -2.17. The van der Waals surface area contributed by atoms with Crippen LogP contribution < -0.4 is 14.2 Å². The van der Waals surface area contributed by atoms with E-state index in [2.05, 4.69) is 9.46 Å². The molecule has 0 fully saturated rings. The number of benzene rings is 2. The number of ether oxygens (including phenoxy) is 2. The van der Waals surface area contributed by atoms with Gasteiger partial charge in [-0.05, 0) is 42.7 Å². The van der Waals surface area contributed by atoms with E-state index in [4.69, 9.17) is 4.74 Å². The van der Waals surface area contributed by atoms with Crippen molar-refractivity contribution in [2.45, 2.75) is 37.1 Å². The van der Waals surface area contributed by atoms with E-state index in [0.717, 1.165) is 35.4 Å². The van der Waals surface area contributed by atoms with E-state index in [1.807, 2.05) is 18.2 Å². The minimum absolute atomic E-state index is 0.384. The summed E-state index contributed by atoms with van der Waals surface area (Å²) < 4.78 is 74.3. The fraction of sp³-hybridized carbons (Fsp3) is 0.333. The summed E-state index contributed by atoms with van der Waals surface area (Å²) in [6.07, 6.45) is -3.80. The molecule has 0 spiro atoms. The molecule has 0 aromatic heterocycles. The zero-order chi connectivity index (χ0) is 19.7. The molecule has 0 aliphatic carbocycles. The second kappa shape index (κ2) is 7.40. The third-order valence-electron chi connectivity index (χ3n) is 4.02. The van der Waals surface area contributed by atoms with E-state index in [9.17, 15) is 21.6 Å². The molecule has 0 amide bonds. The predicted octanol–water partition coefficient (Wildman–Crippen LogP) is 3.43. The molecule has 9 heteroatoms. The van der Waals surface area contributed by atoms with Crippen molar-refractivity contribution in [3.63, 3.8) is 0 Å². The Labute approximate surface area is 155 Å². The molecular weight excluding hydrogens is 383 g/mol. The number of nitrogens with one attached hydrogen (secondary N) is 1. The number of para-hydroxylation sites is 1. The van der Waals surface area contributed by atoms with Crippen molar-refractivity contribution in [3.8, 4) is 11.5 Å². The third-order valence-corrected chi connectivity index (χ3v) is 5.65. The van der Waals surface area contributed by atoms with E-state index in [0.29, 0.717) is 13.0 Å². The number of fused-ring (bicyclic) bond motifs is 1. The maximum Gasteiger partial charge on any atom is 0.573 e. The van der Waals surface area contributed by atoms with Crippen molar-refractivity contribution in [2.75, 3.05) is 6.61 Å². The molecule has 0 bridgehead atoms. The van der Waals surface area contributed by atoms with Crippen LogP contribution in [0.5, 0.6) is 11.5 Å². The van der Waals surface area contributed by atoms with Crippen molar-refractivity contribution in [3.05, 3.63) is 53.6 Å². The highest BCUT2D eigenvalue weighted by Gasteiger charge is 2.34. The van der Waals surface area contributed by atoms with Gasteiger partial charge in [0.15, 0.2) is 0 Å². The van der Waals surface area contributed by atoms with E-state index < -0.39 is 33.1 Å². The normalized spacial score (nSPS) is 15.1. The molecule has 146 valence electrons. The SMILES string of the molecule is CC(Cc1ccc2c(c1)CCO2)NS(=O)(=O)c1ccccc1OC(F)(F)F. The summed E-state index contributed by atoms with van der Waals surface area (Å²) in [7, 11) is -4.19. The van der Waals surface area contributed by atoms with Gasteiger partial charge in [0.25, 0.3) is 0 Å². The molecule has 0 radical (unpaired) electrons. The Morgan fingerprint density at radius 3 is 2.70 bits per heavy atom. The smallest absolute Gasteiger partial charge is 0.493 e. The Morgan fingerprint density at radius 2 is 1.96 bits per heavy atom. The maximum atomic E-state index is 12.5. The Bertz CT molecular complexity index is 928. The molecule has 1 atom stereocenters. The number of alkyl halides is 3. The van der Waals surface area contributed by atoms with Gasteiger partial charge in [-0.25, -0.2) is 13.1 Å². The van der Waals surface area contributed by atoms with Crippen LogP contribution in [0.25, 0.3) is 0 Å². The summed E-state index contributed by atoms with van der Waals surface area (Å²) in [5, 5.41) is 0. The molecule has 2 aromatic rings. The van der Waals surface area contributed by atoms with Gasteiger partial charge in [-0.1, -0.05) is 24.3 Å². The summed E-state index contributed by atoms with van der Waals surface area (Å²) in [6, 6.07) is 9.75. The number of halogens is 3. The second-order valence-corrected chi connectivity index (χ2v) is 7.94. The second-order valence-electron chi connectivity index (χ2n) is 6.26. The van der Waals surface area contributed by atoms with Crippen molar-refractivity contribution in [1.82, 2.24) is 4.72 Å². The summed E-state index contributed by atoms with van der Waals surface area (Å²) in [4.78, 5) is -0.559. The molecule has 2 aromatic carbocycles. The van der Waals surface area contributed by atoms with Crippen LogP contribution in [0.15, 0.2) is 47.4 Å². The lowest BCUT2D eigenvalue weighted by Crippen LogP contribution is -2.34. The monoisotopic (exact) mass is 401 g/mol. The number of hydrogen-bond acceptors (Lipinski definition) is 4. The van der Waals surface area contributed by atoms with Gasteiger partial charge >= 0.3 is 6.36 Å². The van der Waals surface area contributed by atoms with Crippen LogP contribution in [0.2, 0.25) is 0 Å². The van der Waals surface area contributed by atoms with Gasteiger partial charge in [-0.2, -0.15) is 0 Å². The molecular formula is C18H18F3NO4S. The van der Waals surface area contributed by atoms with Gasteiger partial charge in [0.1, 0.15) is 16.4 Å². The summed E-state index contributed by atoms with van der Waals surface area (Å²) in [5.41, 5.74) is 1.97. The summed E-state index contributed by atoms with van der Waals surface area (Å²) in [6.45, 7) is 2.27. The number of sulfonamides is 1.